The number of hydrogen-bond acceptors (Lipinski definition) is 5. The Labute approximate surface area is 172 Å². The SMILES string of the molecule is COCC1CN(c2ccc([C@H]3CC[C@H](OCCCNC(C)=O)CC3)cc2)C(=O)O1. The molecule has 1 aliphatic heterocycles. The van der Waals surface area contributed by atoms with Crippen molar-refractivity contribution in [1.29, 1.82) is 0 Å². The Bertz CT molecular complexity index is 670. The molecule has 160 valence electrons. The molecule has 7 nitrogen and oxygen atoms in total. The molecule has 1 N–H and O–H groups in total. The molecule has 1 unspecified atom stereocenters. The van der Waals surface area contributed by atoms with Crippen molar-refractivity contribution in [3.05, 3.63) is 29.8 Å². The summed E-state index contributed by atoms with van der Waals surface area (Å²) in [5, 5.41) is 2.79. The van der Waals surface area contributed by atoms with Crippen LogP contribution in [0.5, 0.6) is 0 Å². The standard InChI is InChI=1S/C22H32N2O5/c1-16(25)23-12-3-13-28-20-10-6-18(7-11-20)17-4-8-19(9-5-17)24-14-21(15-27-2)29-22(24)26/h4-5,8-9,18,20-21H,3,6-7,10-15H2,1-2H3,(H,23,25)/t18-,20-,21?. The van der Waals surface area contributed by atoms with Gasteiger partial charge in [-0.1, -0.05) is 12.1 Å². The lowest BCUT2D eigenvalue weighted by Crippen LogP contribution is -2.26. The van der Waals surface area contributed by atoms with Gasteiger partial charge in [0.25, 0.3) is 0 Å². The lowest BCUT2D eigenvalue weighted by atomic mass is 9.82. The molecule has 1 aliphatic carbocycles. The van der Waals surface area contributed by atoms with Crippen molar-refractivity contribution in [3.8, 4) is 0 Å². The fourth-order valence-corrected chi connectivity index (χ4v) is 4.08. The zero-order valence-corrected chi connectivity index (χ0v) is 17.4. The maximum atomic E-state index is 12.1. The maximum absolute atomic E-state index is 12.1. The number of hydrogen-bond donors (Lipinski definition) is 1. The van der Waals surface area contributed by atoms with Gasteiger partial charge in [0, 0.05) is 32.9 Å². The Morgan fingerprint density at radius 2 is 1.93 bits per heavy atom. The van der Waals surface area contributed by atoms with Gasteiger partial charge in [0.1, 0.15) is 6.10 Å². The van der Waals surface area contributed by atoms with Crippen molar-refractivity contribution in [2.75, 3.05) is 38.3 Å². The van der Waals surface area contributed by atoms with Crippen LogP contribution in [0.15, 0.2) is 24.3 Å². The predicted molar refractivity (Wildman–Crippen MR) is 110 cm³/mol. The highest BCUT2D eigenvalue weighted by atomic mass is 16.6. The second-order valence-corrected chi connectivity index (χ2v) is 7.84. The monoisotopic (exact) mass is 404 g/mol. The number of amides is 2. The third kappa shape index (κ3) is 6.18. The van der Waals surface area contributed by atoms with E-state index in [9.17, 15) is 9.59 Å². The topological polar surface area (TPSA) is 77.1 Å². The molecule has 1 aromatic rings. The molecule has 2 aliphatic rings. The minimum atomic E-state index is -0.309. The van der Waals surface area contributed by atoms with Crippen molar-refractivity contribution in [2.45, 2.75) is 57.2 Å². The number of nitrogens with one attached hydrogen (secondary N) is 1. The molecular formula is C22H32N2O5. The summed E-state index contributed by atoms with van der Waals surface area (Å²) in [4.78, 5) is 24.6. The summed E-state index contributed by atoms with van der Waals surface area (Å²) in [5.41, 5.74) is 2.19. The fraction of sp³-hybridized carbons (Fsp3) is 0.636. The first-order valence-corrected chi connectivity index (χ1v) is 10.5. The summed E-state index contributed by atoms with van der Waals surface area (Å²) in [6, 6.07) is 8.28. The number of methoxy groups -OCH3 is 1. The van der Waals surface area contributed by atoms with Gasteiger partial charge >= 0.3 is 6.09 Å². The average Bonchev–Trinajstić information content (AvgIpc) is 3.08. The van der Waals surface area contributed by atoms with E-state index < -0.39 is 0 Å². The van der Waals surface area contributed by atoms with Gasteiger partial charge in [-0.3, -0.25) is 9.69 Å². The van der Waals surface area contributed by atoms with Crippen LogP contribution in [-0.4, -0.2) is 57.6 Å². The molecule has 29 heavy (non-hydrogen) atoms. The minimum absolute atomic E-state index is 0.00736. The molecule has 3 rings (SSSR count). The van der Waals surface area contributed by atoms with E-state index in [0.29, 0.717) is 38.3 Å². The highest BCUT2D eigenvalue weighted by molar-refractivity contribution is 5.89. The summed E-state index contributed by atoms with van der Waals surface area (Å²) in [7, 11) is 1.61. The normalized spacial score (nSPS) is 24.4. The van der Waals surface area contributed by atoms with Gasteiger partial charge in [0.05, 0.1) is 19.3 Å². The summed E-state index contributed by atoms with van der Waals surface area (Å²) in [6.07, 6.45) is 4.99. The second kappa shape index (κ2) is 10.6. The van der Waals surface area contributed by atoms with E-state index in [0.717, 1.165) is 37.8 Å². The van der Waals surface area contributed by atoms with E-state index in [1.807, 2.05) is 12.1 Å². The Hall–Kier alpha value is -2.12. The van der Waals surface area contributed by atoms with E-state index in [-0.39, 0.29) is 18.1 Å². The Kier molecular flexibility index (Phi) is 7.89. The van der Waals surface area contributed by atoms with E-state index in [1.165, 1.54) is 12.5 Å². The van der Waals surface area contributed by atoms with Gasteiger partial charge in [0.15, 0.2) is 0 Å². The van der Waals surface area contributed by atoms with Gasteiger partial charge in [-0.15, -0.1) is 0 Å². The molecule has 1 saturated heterocycles. The number of carbonyl (C=O) groups is 2. The molecule has 1 aromatic carbocycles. The van der Waals surface area contributed by atoms with Crippen molar-refractivity contribution >= 4 is 17.7 Å². The zero-order valence-electron chi connectivity index (χ0n) is 17.4. The van der Waals surface area contributed by atoms with Crippen LogP contribution in [0.2, 0.25) is 0 Å². The number of cyclic esters (lactones) is 1. The molecule has 0 aromatic heterocycles. The molecule has 0 radical (unpaired) electrons. The number of benzene rings is 1. The van der Waals surface area contributed by atoms with Gasteiger partial charge in [-0.2, -0.15) is 0 Å². The number of nitrogens with zero attached hydrogens (tertiary/aromatic N) is 1. The largest absolute Gasteiger partial charge is 0.441 e. The lowest BCUT2D eigenvalue weighted by Gasteiger charge is -2.29. The highest BCUT2D eigenvalue weighted by Gasteiger charge is 2.32. The first-order valence-electron chi connectivity index (χ1n) is 10.5. The van der Waals surface area contributed by atoms with E-state index in [2.05, 4.69) is 17.4 Å². The molecule has 1 heterocycles. The second-order valence-electron chi connectivity index (χ2n) is 7.84. The summed E-state index contributed by atoms with van der Waals surface area (Å²) in [6.45, 7) is 3.84. The van der Waals surface area contributed by atoms with E-state index in [4.69, 9.17) is 14.2 Å². The number of rotatable bonds is 9. The molecule has 2 amide bonds. The summed E-state index contributed by atoms with van der Waals surface area (Å²) < 4.78 is 16.4. The van der Waals surface area contributed by atoms with Crippen LogP contribution in [-0.2, 0) is 19.0 Å². The first-order chi connectivity index (χ1) is 14.1. The Balaban J connectivity index is 1.42. The molecule has 0 spiro atoms. The van der Waals surface area contributed by atoms with Gasteiger partial charge < -0.3 is 19.5 Å². The van der Waals surface area contributed by atoms with Crippen LogP contribution >= 0.6 is 0 Å². The van der Waals surface area contributed by atoms with Crippen LogP contribution in [0.4, 0.5) is 10.5 Å². The van der Waals surface area contributed by atoms with Crippen molar-refractivity contribution in [3.63, 3.8) is 0 Å². The van der Waals surface area contributed by atoms with Crippen LogP contribution in [0.25, 0.3) is 0 Å². The quantitative estimate of drug-likeness (QED) is 0.640. The molecule has 7 heteroatoms. The summed E-state index contributed by atoms with van der Waals surface area (Å²) >= 11 is 0. The fourth-order valence-electron chi connectivity index (χ4n) is 4.08. The minimum Gasteiger partial charge on any atom is -0.441 e. The van der Waals surface area contributed by atoms with Crippen LogP contribution in [0.1, 0.15) is 50.5 Å². The Morgan fingerprint density at radius 1 is 1.21 bits per heavy atom. The van der Waals surface area contributed by atoms with Gasteiger partial charge in [0.2, 0.25) is 5.91 Å². The van der Waals surface area contributed by atoms with Crippen LogP contribution < -0.4 is 10.2 Å². The van der Waals surface area contributed by atoms with Gasteiger partial charge in [-0.25, -0.2) is 4.79 Å². The van der Waals surface area contributed by atoms with Gasteiger partial charge in [-0.05, 0) is 55.7 Å². The third-order valence-corrected chi connectivity index (χ3v) is 5.63. The van der Waals surface area contributed by atoms with Crippen molar-refractivity contribution in [1.82, 2.24) is 5.32 Å². The highest BCUT2D eigenvalue weighted by Crippen LogP contribution is 2.35. The number of anilines is 1. The van der Waals surface area contributed by atoms with E-state index in [1.54, 1.807) is 12.0 Å². The molecular weight excluding hydrogens is 372 g/mol. The first kappa shape index (κ1) is 21.6. The maximum Gasteiger partial charge on any atom is 0.414 e. The molecule has 2 fully saturated rings. The van der Waals surface area contributed by atoms with Crippen LogP contribution in [0, 0.1) is 0 Å². The van der Waals surface area contributed by atoms with E-state index >= 15 is 0 Å². The van der Waals surface area contributed by atoms with Crippen LogP contribution in [0.3, 0.4) is 0 Å². The third-order valence-electron chi connectivity index (χ3n) is 5.63. The average molecular weight is 405 g/mol. The zero-order chi connectivity index (χ0) is 20.6. The van der Waals surface area contributed by atoms with Crippen molar-refractivity contribution < 1.29 is 23.8 Å². The molecule has 1 saturated carbocycles. The lowest BCUT2D eigenvalue weighted by molar-refractivity contribution is -0.119. The Morgan fingerprint density at radius 3 is 2.59 bits per heavy atom. The number of carbonyl (C=O) groups excluding carboxylic acids is 2. The predicted octanol–water partition coefficient (Wildman–Crippen LogP) is 3.23. The van der Waals surface area contributed by atoms with Crippen molar-refractivity contribution in [2.24, 2.45) is 0 Å². The summed E-state index contributed by atoms with van der Waals surface area (Å²) in [5.74, 6) is 0.544. The molecule has 0 bridgehead atoms. The molecule has 1 atom stereocenters. The smallest absolute Gasteiger partial charge is 0.414 e. The number of ether oxygens (including phenoxy) is 3.